The molecule has 0 N–H and O–H groups in total. The van der Waals surface area contributed by atoms with E-state index in [2.05, 4.69) is 4.98 Å². The van der Waals surface area contributed by atoms with Crippen LogP contribution < -0.4 is 15.8 Å². The minimum Gasteiger partial charge on any atom is -0.420 e. The van der Waals surface area contributed by atoms with E-state index in [4.69, 9.17) is 14.0 Å². The summed E-state index contributed by atoms with van der Waals surface area (Å²) in [7, 11) is 3.09. The van der Waals surface area contributed by atoms with E-state index in [9.17, 15) is 4.79 Å². The lowest BCUT2D eigenvalue weighted by atomic mass is 9.79. The number of aromatic nitrogens is 3. The third-order valence-electron chi connectivity index (χ3n) is 5.68. The second kappa shape index (κ2) is 6.22. The predicted molar refractivity (Wildman–Crippen MR) is 108 cm³/mol. The van der Waals surface area contributed by atoms with Crippen molar-refractivity contribution in [2.75, 3.05) is 0 Å². The van der Waals surface area contributed by atoms with Crippen LogP contribution in [0.2, 0.25) is 0 Å². The van der Waals surface area contributed by atoms with Crippen molar-refractivity contribution in [2.45, 2.75) is 38.9 Å². The molecule has 8 heteroatoms. The van der Waals surface area contributed by atoms with E-state index >= 15 is 0 Å². The van der Waals surface area contributed by atoms with Crippen molar-refractivity contribution in [3.8, 4) is 11.8 Å². The van der Waals surface area contributed by atoms with Gasteiger partial charge in [-0.3, -0.25) is 9.36 Å². The van der Waals surface area contributed by atoms with Gasteiger partial charge in [0.05, 0.1) is 22.2 Å². The van der Waals surface area contributed by atoms with E-state index in [0.717, 1.165) is 16.5 Å². The molecule has 146 valence electrons. The highest BCUT2D eigenvalue weighted by Gasteiger charge is 2.51. The van der Waals surface area contributed by atoms with E-state index in [-0.39, 0.29) is 11.3 Å². The molecule has 2 aromatic heterocycles. The zero-order chi connectivity index (χ0) is 20.3. The lowest BCUT2D eigenvalue weighted by Gasteiger charge is -2.32. The quantitative estimate of drug-likeness (QED) is 0.652. The zero-order valence-electron chi connectivity index (χ0n) is 17.0. The molecular formula is C20H24BN3O4. The predicted octanol–water partition coefficient (Wildman–Crippen LogP) is 2.36. The third-order valence-corrected chi connectivity index (χ3v) is 5.68. The van der Waals surface area contributed by atoms with Crippen LogP contribution in [-0.2, 0) is 23.4 Å². The highest BCUT2D eigenvalue weighted by atomic mass is 16.7. The van der Waals surface area contributed by atoms with Crippen molar-refractivity contribution >= 4 is 23.6 Å². The fourth-order valence-corrected chi connectivity index (χ4v) is 3.15. The molecule has 1 saturated heterocycles. The van der Waals surface area contributed by atoms with Crippen molar-refractivity contribution in [3.63, 3.8) is 0 Å². The molecule has 0 bridgehead atoms. The van der Waals surface area contributed by atoms with Crippen molar-refractivity contribution in [1.82, 2.24) is 14.1 Å². The Balaban J connectivity index is 1.69. The van der Waals surface area contributed by atoms with Gasteiger partial charge in [0.1, 0.15) is 0 Å². The molecule has 7 nitrogen and oxygen atoms in total. The first-order valence-electron chi connectivity index (χ1n) is 9.24. The highest BCUT2D eigenvalue weighted by molar-refractivity contribution is 6.62. The van der Waals surface area contributed by atoms with E-state index < -0.39 is 18.3 Å². The summed E-state index contributed by atoms with van der Waals surface area (Å²) in [4.78, 5) is 16.7. The highest BCUT2D eigenvalue weighted by Crippen LogP contribution is 2.36. The van der Waals surface area contributed by atoms with E-state index in [1.165, 1.54) is 4.57 Å². The van der Waals surface area contributed by atoms with Gasteiger partial charge in [-0.15, -0.1) is 0 Å². The van der Waals surface area contributed by atoms with Crippen molar-refractivity contribution in [1.29, 1.82) is 0 Å². The molecule has 1 aromatic carbocycles. The number of fused-ring (bicyclic) bond motifs is 1. The standard InChI is InChI=1S/C20H24BN3O4/c1-19(2)20(3,4)28-21(27-19)13-9-10-14-15(12-13)24(6)18(22-14)26-16-8-7-11-23(5)17(16)25/h7-12H,1-6H3. The lowest BCUT2D eigenvalue weighted by Crippen LogP contribution is -2.41. The number of pyridine rings is 1. The fourth-order valence-electron chi connectivity index (χ4n) is 3.15. The van der Waals surface area contributed by atoms with Crippen LogP contribution in [0.25, 0.3) is 11.0 Å². The molecule has 0 atom stereocenters. The molecule has 1 aliphatic rings. The van der Waals surface area contributed by atoms with Crippen LogP contribution in [-0.4, -0.2) is 32.4 Å². The Bertz CT molecular complexity index is 1100. The van der Waals surface area contributed by atoms with Gasteiger partial charge in [0.25, 0.3) is 5.56 Å². The number of ether oxygens (including phenoxy) is 1. The molecule has 0 aliphatic carbocycles. The number of hydrogen-bond acceptors (Lipinski definition) is 5. The lowest BCUT2D eigenvalue weighted by molar-refractivity contribution is 0.00578. The Kier molecular flexibility index (Phi) is 4.17. The molecule has 4 rings (SSSR count). The molecule has 1 aliphatic heterocycles. The molecule has 0 saturated carbocycles. The molecule has 3 aromatic rings. The summed E-state index contributed by atoms with van der Waals surface area (Å²) in [5.74, 6) is 0.231. The monoisotopic (exact) mass is 381 g/mol. The number of nitrogens with zero attached hydrogens (tertiary/aromatic N) is 3. The molecule has 3 heterocycles. The van der Waals surface area contributed by atoms with Crippen molar-refractivity contribution < 1.29 is 14.0 Å². The maximum atomic E-state index is 12.2. The Morgan fingerprint density at radius 3 is 2.43 bits per heavy atom. The van der Waals surface area contributed by atoms with Crippen LogP contribution in [0.3, 0.4) is 0 Å². The minimum atomic E-state index is -0.449. The van der Waals surface area contributed by atoms with Gasteiger partial charge in [-0.25, -0.2) is 0 Å². The normalized spacial score (nSPS) is 18.0. The van der Waals surface area contributed by atoms with Gasteiger partial charge >= 0.3 is 13.1 Å². The molecule has 0 spiro atoms. The van der Waals surface area contributed by atoms with Crippen LogP contribution in [0.15, 0.2) is 41.3 Å². The second-order valence-electron chi connectivity index (χ2n) is 8.18. The van der Waals surface area contributed by atoms with Crippen LogP contribution in [0, 0.1) is 0 Å². The molecule has 0 unspecified atom stereocenters. The SMILES string of the molecule is Cn1cccc(Oc2nc3ccc(B4OC(C)(C)C(C)(C)O4)cc3n2C)c1=O. The van der Waals surface area contributed by atoms with Gasteiger partial charge in [-0.1, -0.05) is 6.07 Å². The van der Waals surface area contributed by atoms with Crippen molar-refractivity contribution in [3.05, 3.63) is 46.9 Å². The number of benzene rings is 1. The average Bonchev–Trinajstić information content (AvgIpc) is 3.04. The molecule has 0 amide bonds. The number of aryl methyl sites for hydroxylation is 2. The summed E-state index contributed by atoms with van der Waals surface area (Å²) in [6.45, 7) is 8.12. The summed E-state index contributed by atoms with van der Waals surface area (Å²) in [5.41, 5.74) is 1.53. The third kappa shape index (κ3) is 2.93. The summed E-state index contributed by atoms with van der Waals surface area (Å²) < 4.78 is 21.4. The van der Waals surface area contributed by atoms with Gasteiger partial charge in [0, 0.05) is 20.3 Å². The van der Waals surface area contributed by atoms with Gasteiger partial charge in [0.15, 0.2) is 5.75 Å². The zero-order valence-corrected chi connectivity index (χ0v) is 17.0. The largest absolute Gasteiger partial charge is 0.494 e. The number of rotatable bonds is 3. The maximum Gasteiger partial charge on any atom is 0.494 e. The van der Waals surface area contributed by atoms with Crippen LogP contribution in [0.1, 0.15) is 27.7 Å². The second-order valence-corrected chi connectivity index (χ2v) is 8.18. The topological polar surface area (TPSA) is 67.5 Å². The molecular weight excluding hydrogens is 357 g/mol. The average molecular weight is 381 g/mol. The van der Waals surface area contributed by atoms with Gasteiger partial charge in [-0.05, 0) is 57.4 Å². The van der Waals surface area contributed by atoms with Crippen LogP contribution in [0.5, 0.6) is 11.8 Å². The summed E-state index contributed by atoms with van der Waals surface area (Å²) >= 11 is 0. The summed E-state index contributed by atoms with van der Waals surface area (Å²) in [6, 6.07) is 9.59. The van der Waals surface area contributed by atoms with Gasteiger partial charge in [0.2, 0.25) is 0 Å². The Hall–Kier alpha value is -2.58. The maximum absolute atomic E-state index is 12.2. The first-order valence-corrected chi connectivity index (χ1v) is 9.24. The van der Waals surface area contributed by atoms with Gasteiger partial charge < -0.3 is 18.6 Å². The molecule has 1 fully saturated rings. The Morgan fingerprint density at radius 2 is 1.75 bits per heavy atom. The van der Waals surface area contributed by atoms with E-state index in [1.54, 1.807) is 25.4 Å². The van der Waals surface area contributed by atoms with Gasteiger partial charge in [-0.2, -0.15) is 4.98 Å². The summed E-state index contributed by atoms with van der Waals surface area (Å²) in [5, 5.41) is 0. The van der Waals surface area contributed by atoms with Crippen LogP contribution >= 0.6 is 0 Å². The first kappa shape index (κ1) is 18.8. The summed E-state index contributed by atoms with van der Waals surface area (Å²) in [6.07, 6.45) is 1.68. The minimum absolute atomic E-state index is 0.215. The van der Waals surface area contributed by atoms with E-state index in [1.807, 2.05) is 57.5 Å². The smallest absolute Gasteiger partial charge is 0.420 e. The van der Waals surface area contributed by atoms with Crippen molar-refractivity contribution in [2.24, 2.45) is 14.1 Å². The fraction of sp³-hybridized carbons (Fsp3) is 0.400. The first-order chi connectivity index (χ1) is 13.1. The number of hydrogen-bond donors (Lipinski definition) is 0. The Labute approximate surface area is 164 Å². The molecule has 28 heavy (non-hydrogen) atoms. The van der Waals surface area contributed by atoms with Crippen LogP contribution in [0.4, 0.5) is 0 Å². The number of imidazole rings is 1. The molecule has 0 radical (unpaired) electrons. The Morgan fingerprint density at radius 1 is 1.07 bits per heavy atom. The van der Waals surface area contributed by atoms with E-state index in [0.29, 0.717) is 6.01 Å².